The largest absolute Gasteiger partial charge is 0.228 e. The minimum atomic E-state index is -3.06. The third-order valence-electron chi connectivity index (χ3n) is 2.66. The van der Waals surface area contributed by atoms with Gasteiger partial charge >= 0.3 is 0 Å². The average molecular weight is 265 g/mol. The third-order valence-corrected chi connectivity index (χ3v) is 4.35. The van der Waals surface area contributed by atoms with Crippen LogP contribution in [0.5, 0.6) is 0 Å². The lowest BCUT2D eigenvalue weighted by atomic mass is 10.1. The molecule has 0 heterocycles. The van der Waals surface area contributed by atoms with Gasteiger partial charge in [0.05, 0.1) is 17.6 Å². The Labute approximate surface area is 109 Å². The number of rotatable bonds is 6. The summed E-state index contributed by atoms with van der Waals surface area (Å²) in [6, 6.07) is 7.89. The molecular weight excluding hydrogens is 246 g/mol. The van der Waals surface area contributed by atoms with Crippen LogP contribution in [0.2, 0.25) is 0 Å². The number of aryl methyl sites for hydroxylation is 2. The second-order valence-corrected chi connectivity index (χ2v) is 6.89. The van der Waals surface area contributed by atoms with Crippen molar-refractivity contribution in [3.05, 3.63) is 34.9 Å². The normalized spacial score (nSPS) is 11.2. The standard InChI is InChI=1S/C14H19NO2S/c1-12-8-13(2)10-14(9-12)11-18(16,17)7-5-3-4-6-15/h8-10H,3-5,7,11H2,1-2H3. The molecule has 0 aliphatic carbocycles. The molecule has 98 valence electrons. The van der Waals surface area contributed by atoms with E-state index in [0.29, 0.717) is 19.3 Å². The monoisotopic (exact) mass is 265 g/mol. The molecule has 18 heavy (non-hydrogen) atoms. The van der Waals surface area contributed by atoms with E-state index >= 15 is 0 Å². The summed E-state index contributed by atoms with van der Waals surface area (Å²) in [6.07, 6.45) is 1.66. The van der Waals surface area contributed by atoms with Gasteiger partial charge in [-0.3, -0.25) is 0 Å². The number of unbranched alkanes of at least 4 members (excludes halogenated alkanes) is 2. The Morgan fingerprint density at radius 3 is 2.28 bits per heavy atom. The van der Waals surface area contributed by atoms with E-state index in [9.17, 15) is 8.42 Å². The SMILES string of the molecule is Cc1cc(C)cc(CS(=O)(=O)CCCCC#N)c1. The molecule has 0 aliphatic heterocycles. The number of nitrogens with zero attached hydrogens (tertiary/aromatic N) is 1. The van der Waals surface area contributed by atoms with Crippen LogP contribution in [-0.2, 0) is 15.6 Å². The van der Waals surface area contributed by atoms with Gasteiger partial charge in [0, 0.05) is 6.42 Å². The van der Waals surface area contributed by atoms with Crippen LogP contribution < -0.4 is 0 Å². The van der Waals surface area contributed by atoms with Crippen LogP contribution >= 0.6 is 0 Å². The van der Waals surface area contributed by atoms with Crippen LogP contribution in [0.4, 0.5) is 0 Å². The van der Waals surface area contributed by atoms with Crippen LogP contribution in [0.3, 0.4) is 0 Å². The number of nitriles is 1. The van der Waals surface area contributed by atoms with Gasteiger partial charge < -0.3 is 0 Å². The molecule has 1 aromatic rings. The second-order valence-electron chi connectivity index (χ2n) is 4.70. The van der Waals surface area contributed by atoms with E-state index in [1.54, 1.807) is 0 Å². The third kappa shape index (κ3) is 5.33. The summed E-state index contributed by atoms with van der Waals surface area (Å²) in [4.78, 5) is 0. The second kappa shape index (κ2) is 6.55. The van der Waals surface area contributed by atoms with Crippen LogP contribution in [0.25, 0.3) is 0 Å². The van der Waals surface area contributed by atoms with Gasteiger partial charge in [-0.05, 0) is 32.3 Å². The maximum atomic E-state index is 11.9. The van der Waals surface area contributed by atoms with Crippen LogP contribution in [0.1, 0.15) is 36.0 Å². The average Bonchev–Trinajstić information content (AvgIpc) is 2.22. The first-order chi connectivity index (χ1) is 8.43. The molecule has 0 spiro atoms. The van der Waals surface area contributed by atoms with Crippen molar-refractivity contribution >= 4 is 9.84 Å². The lowest BCUT2D eigenvalue weighted by Gasteiger charge is -2.06. The Kier molecular flexibility index (Phi) is 5.36. The Bertz CT molecular complexity index is 521. The van der Waals surface area contributed by atoms with Gasteiger partial charge in [0.25, 0.3) is 0 Å². The highest BCUT2D eigenvalue weighted by Crippen LogP contribution is 2.13. The number of benzene rings is 1. The molecule has 0 bridgehead atoms. The first kappa shape index (κ1) is 14.7. The summed E-state index contributed by atoms with van der Waals surface area (Å²) in [5.74, 6) is 0.268. The summed E-state index contributed by atoms with van der Waals surface area (Å²) >= 11 is 0. The first-order valence-corrected chi connectivity index (χ1v) is 7.89. The molecule has 0 unspecified atom stereocenters. The molecular formula is C14H19NO2S. The maximum Gasteiger partial charge on any atom is 0.154 e. The molecule has 0 N–H and O–H groups in total. The summed E-state index contributed by atoms with van der Waals surface area (Å²) in [5, 5.41) is 8.39. The zero-order valence-corrected chi connectivity index (χ0v) is 11.8. The van der Waals surface area contributed by atoms with Crippen molar-refractivity contribution in [2.45, 2.75) is 38.9 Å². The molecule has 4 heteroatoms. The fourth-order valence-corrected chi connectivity index (χ4v) is 3.47. The molecule has 3 nitrogen and oxygen atoms in total. The van der Waals surface area contributed by atoms with Crippen molar-refractivity contribution in [1.82, 2.24) is 0 Å². The lowest BCUT2D eigenvalue weighted by molar-refractivity contribution is 0.591. The van der Waals surface area contributed by atoms with Gasteiger partial charge in [-0.1, -0.05) is 29.3 Å². The maximum absolute atomic E-state index is 11.9. The topological polar surface area (TPSA) is 57.9 Å². The summed E-state index contributed by atoms with van der Waals surface area (Å²) in [6.45, 7) is 3.94. The molecule has 0 saturated heterocycles. The van der Waals surface area contributed by atoms with Crippen LogP contribution in [0.15, 0.2) is 18.2 Å². The zero-order chi connectivity index (χ0) is 13.6. The molecule has 0 aromatic heterocycles. The smallest absolute Gasteiger partial charge is 0.154 e. The fraction of sp³-hybridized carbons (Fsp3) is 0.500. The molecule has 0 aliphatic rings. The molecule has 0 fully saturated rings. The molecule has 0 radical (unpaired) electrons. The minimum Gasteiger partial charge on any atom is -0.228 e. The molecule has 0 atom stereocenters. The Morgan fingerprint density at radius 1 is 1.11 bits per heavy atom. The van der Waals surface area contributed by atoms with Crippen molar-refractivity contribution in [1.29, 1.82) is 5.26 Å². The molecule has 0 amide bonds. The predicted octanol–water partition coefficient (Wildman–Crippen LogP) is 2.91. The van der Waals surface area contributed by atoms with Crippen molar-refractivity contribution in [2.24, 2.45) is 0 Å². The molecule has 1 aromatic carbocycles. The van der Waals surface area contributed by atoms with Gasteiger partial charge in [-0.15, -0.1) is 0 Å². The van der Waals surface area contributed by atoms with E-state index in [0.717, 1.165) is 16.7 Å². The highest BCUT2D eigenvalue weighted by atomic mass is 32.2. The van der Waals surface area contributed by atoms with Crippen molar-refractivity contribution in [2.75, 3.05) is 5.75 Å². The van der Waals surface area contributed by atoms with Gasteiger partial charge in [0.15, 0.2) is 9.84 Å². The summed E-state index contributed by atoms with van der Waals surface area (Å²) in [7, 11) is -3.06. The Balaban J connectivity index is 2.62. The van der Waals surface area contributed by atoms with Crippen LogP contribution in [-0.4, -0.2) is 14.2 Å². The highest BCUT2D eigenvalue weighted by molar-refractivity contribution is 7.90. The van der Waals surface area contributed by atoms with Crippen molar-refractivity contribution in [3.63, 3.8) is 0 Å². The van der Waals surface area contributed by atoms with Crippen molar-refractivity contribution in [3.8, 4) is 6.07 Å². The molecule has 0 saturated carbocycles. The lowest BCUT2D eigenvalue weighted by Crippen LogP contribution is -2.09. The number of hydrogen-bond donors (Lipinski definition) is 0. The predicted molar refractivity (Wildman–Crippen MR) is 72.9 cm³/mol. The van der Waals surface area contributed by atoms with Crippen LogP contribution in [0, 0.1) is 25.2 Å². The zero-order valence-electron chi connectivity index (χ0n) is 10.9. The molecule has 1 rings (SSSR count). The Hall–Kier alpha value is -1.34. The number of hydrogen-bond acceptors (Lipinski definition) is 3. The van der Waals surface area contributed by atoms with E-state index in [-0.39, 0.29) is 11.5 Å². The van der Waals surface area contributed by atoms with E-state index in [2.05, 4.69) is 0 Å². The summed E-state index contributed by atoms with van der Waals surface area (Å²) < 4.78 is 23.8. The highest BCUT2D eigenvalue weighted by Gasteiger charge is 2.12. The van der Waals surface area contributed by atoms with E-state index in [1.807, 2.05) is 38.1 Å². The fourth-order valence-electron chi connectivity index (χ4n) is 2.00. The quantitative estimate of drug-likeness (QED) is 0.743. The minimum absolute atomic E-state index is 0.0993. The van der Waals surface area contributed by atoms with Gasteiger partial charge in [0.1, 0.15) is 0 Å². The van der Waals surface area contributed by atoms with Crippen molar-refractivity contribution < 1.29 is 8.42 Å². The van der Waals surface area contributed by atoms with E-state index in [4.69, 9.17) is 5.26 Å². The van der Waals surface area contributed by atoms with Gasteiger partial charge in [0.2, 0.25) is 0 Å². The Morgan fingerprint density at radius 2 is 1.72 bits per heavy atom. The van der Waals surface area contributed by atoms with E-state index < -0.39 is 9.84 Å². The first-order valence-electron chi connectivity index (χ1n) is 6.07. The van der Waals surface area contributed by atoms with Gasteiger partial charge in [-0.25, -0.2) is 8.42 Å². The number of sulfone groups is 1. The summed E-state index contributed by atoms with van der Waals surface area (Å²) in [5.41, 5.74) is 3.03. The van der Waals surface area contributed by atoms with Gasteiger partial charge in [-0.2, -0.15) is 5.26 Å². The van der Waals surface area contributed by atoms with E-state index in [1.165, 1.54) is 0 Å².